The minimum atomic E-state index is 0.738. The van der Waals surface area contributed by atoms with Crippen LogP contribution in [0, 0.1) is 6.92 Å². The van der Waals surface area contributed by atoms with E-state index in [1.807, 2.05) is 0 Å². The number of nitrogens with two attached hydrogens (primary N) is 1. The molecular formula is C15H34N3. The molecule has 3 nitrogen and oxygen atoms in total. The summed E-state index contributed by atoms with van der Waals surface area (Å²) in [5, 5.41) is 6.80. The lowest BCUT2D eigenvalue weighted by Crippen LogP contribution is -2.26. The first-order valence-electron chi connectivity index (χ1n) is 7.82. The highest BCUT2D eigenvalue weighted by atomic mass is 14.9. The summed E-state index contributed by atoms with van der Waals surface area (Å²) in [4.78, 5) is 0. The molecule has 0 aliphatic heterocycles. The lowest BCUT2D eigenvalue weighted by molar-refractivity contribution is 0.546. The molecule has 0 aromatic carbocycles. The van der Waals surface area contributed by atoms with E-state index in [1.165, 1.54) is 57.9 Å². The Labute approximate surface area is 114 Å². The number of hydrogen-bond donors (Lipinski definition) is 3. The van der Waals surface area contributed by atoms with Crippen LogP contribution in [0.25, 0.3) is 0 Å². The molecule has 0 spiro atoms. The molecule has 18 heavy (non-hydrogen) atoms. The normalized spacial score (nSPS) is 11.0. The molecule has 0 heterocycles. The van der Waals surface area contributed by atoms with Gasteiger partial charge in [0, 0.05) is 13.1 Å². The minimum Gasteiger partial charge on any atom is -0.329 e. The standard InChI is InChI=1S/C15H34N3/c1-2-3-4-5-6-7-8-9-12-17-13-10-14-18-15-11-16/h17-18H,1-16H2. The van der Waals surface area contributed by atoms with Crippen molar-refractivity contribution in [3.8, 4) is 0 Å². The van der Waals surface area contributed by atoms with Crippen molar-refractivity contribution in [3.63, 3.8) is 0 Å². The largest absolute Gasteiger partial charge is 0.329 e. The Balaban J connectivity index is 2.86. The van der Waals surface area contributed by atoms with Gasteiger partial charge in [-0.3, -0.25) is 0 Å². The van der Waals surface area contributed by atoms with Gasteiger partial charge >= 0.3 is 0 Å². The van der Waals surface area contributed by atoms with Crippen LogP contribution in [-0.4, -0.2) is 32.7 Å². The van der Waals surface area contributed by atoms with E-state index in [0.29, 0.717) is 0 Å². The van der Waals surface area contributed by atoms with E-state index < -0.39 is 0 Å². The predicted octanol–water partition coefficient (Wildman–Crippen LogP) is 2.47. The topological polar surface area (TPSA) is 50.1 Å². The van der Waals surface area contributed by atoms with Gasteiger partial charge in [0.05, 0.1) is 0 Å². The van der Waals surface area contributed by atoms with E-state index in [4.69, 9.17) is 5.73 Å². The third-order valence-electron chi connectivity index (χ3n) is 3.13. The van der Waals surface area contributed by atoms with Crippen molar-refractivity contribution < 1.29 is 0 Å². The van der Waals surface area contributed by atoms with Crippen molar-refractivity contribution in [2.75, 3.05) is 32.7 Å². The summed E-state index contributed by atoms with van der Waals surface area (Å²) in [5.74, 6) is 0. The first-order chi connectivity index (χ1) is 8.91. The Kier molecular flexibility index (Phi) is 16.8. The number of rotatable bonds is 15. The molecule has 0 aliphatic rings. The van der Waals surface area contributed by atoms with E-state index in [0.717, 1.165) is 32.6 Å². The summed E-state index contributed by atoms with van der Waals surface area (Å²) >= 11 is 0. The van der Waals surface area contributed by atoms with Gasteiger partial charge in [-0.05, 0) is 32.5 Å². The zero-order valence-electron chi connectivity index (χ0n) is 12.2. The van der Waals surface area contributed by atoms with Crippen molar-refractivity contribution in [2.45, 2.75) is 57.8 Å². The zero-order valence-corrected chi connectivity index (χ0v) is 12.2. The molecule has 0 atom stereocenters. The van der Waals surface area contributed by atoms with Crippen molar-refractivity contribution in [3.05, 3.63) is 6.92 Å². The van der Waals surface area contributed by atoms with E-state index in [9.17, 15) is 0 Å². The molecule has 1 radical (unpaired) electrons. The fraction of sp³-hybridized carbons (Fsp3) is 0.933. The first-order valence-corrected chi connectivity index (χ1v) is 7.82. The van der Waals surface area contributed by atoms with E-state index in [-0.39, 0.29) is 0 Å². The zero-order chi connectivity index (χ0) is 13.3. The van der Waals surface area contributed by atoms with Gasteiger partial charge in [0.1, 0.15) is 0 Å². The fourth-order valence-electron chi connectivity index (χ4n) is 2.00. The van der Waals surface area contributed by atoms with Gasteiger partial charge in [0.2, 0.25) is 0 Å². The van der Waals surface area contributed by atoms with Crippen LogP contribution in [0.1, 0.15) is 57.8 Å². The van der Waals surface area contributed by atoms with Gasteiger partial charge in [0.25, 0.3) is 0 Å². The van der Waals surface area contributed by atoms with Crippen LogP contribution in [0.2, 0.25) is 0 Å². The highest BCUT2D eigenvalue weighted by molar-refractivity contribution is 4.53. The second kappa shape index (κ2) is 16.9. The Morgan fingerprint density at radius 3 is 1.72 bits per heavy atom. The van der Waals surface area contributed by atoms with Crippen LogP contribution in [0.5, 0.6) is 0 Å². The molecule has 0 aliphatic carbocycles. The summed E-state index contributed by atoms with van der Waals surface area (Å²) in [6, 6.07) is 0. The van der Waals surface area contributed by atoms with Crippen LogP contribution in [-0.2, 0) is 0 Å². The molecular weight excluding hydrogens is 222 g/mol. The van der Waals surface area contributed by atoms with Crippen LogP contribution in [0.4, 0.5) is 0 Å². The monoisotopic (exact) mass is 256 g/mol. The fourth-order valence-corrected chi connectivity index (χ4v) is 2.00. The maximum absolute atomic E-state index is 5.39. The molecule has 0 unspecified atom stereocenters. The predicted molar refractivity (Wildman–Crippen MR) is 81.7 cm³/mol. The van der Waals surface area contributed by atoms with E-state index in [1.54, 1.807) is 0 Å². The van der Waals surface area contributed by atoms with Crippen LogP contribution in [0.3, 0.4) is 0 Å². The maximum atomic E-state index is 5.39. The van der Waals surface area contributed by atoms with Gasteiger partial charge in [-0.2, -0.15) is 0 Å². The lowest BCUT2D eigenvalue weighted by atomic mass is 10.1. The Hall–Kier alpha value is -0.120. The second-order valence-corrected chi connectivity index (χ2v) is 4.97. The summed E-state index contributed by atoms with van der Waals surface area (Å²) in [6.07, 6.45) is 11.9. The van der Waals surface area contributed by atoms with Gasteiger partial charge in [0.15, 0.2) is 0 Å². The average Bonchev–Trinajstić information content (AvgIpc) is 2.39. The third kappa shape index (κ3) is 15.9. The van der Waals surface area contributed by atoms with Crippen molar-refractivity contribution in [1.29, 1.82) is 0 Å². The van der Waals surface area contributed by atoms with Gasteiger partial charge < -0.3 is 16.4 Å². The van der Waals surface area contributed by atoms with E-state index in [2.05, 4.69) is 17.6 Å². The van der Waals surface area contributed by atoms with Gasteiger partial charge in [-0.1, -0.05) is 51.9 Å². The van der Waals surface area contributed by atoms with Gasteiger partial charge in [-0.15, -0.1) is 0 Å². The number of hydrogen-bond acceptors (Lipinski definition) is 3. The minimum absolute atomic E-state index is 0.738. The molecule has 0 bridgehead atoms. The molecule has 0 rings (SSSR count). The Morgan fingerprint density at radius 2 is 1.11 bits per heavy atom. The van der Waals surface area contributed by atoms with Crippen LogP contribution < -0.4 is 16.4 Å². The summed E-state index contributed by atoms with van der Waals surface area (Å²) in [6.45, 7) is 8.93. The Bertz CT molecular complexity index is 124. The quantitative estimate of drug-likeness (QED) is 0.395. The summed E-state index contributed by atoms with van der Waals surface area (Å²) in [5.41, 5.74) is 5.39. The average molecular weight is 256 g/mol. The lowest BCUT2D eigenvalue weighted by Gasteiger charge is -2.05. The van der Waals surface area contributed by atoms with Crippen LogP contribution in [0.15, 0.2) is 0 Å². The molecule has 0 fully saturated rings. The van der Waals surface area contributed by atoms with Crippen LogP contribution >= 0.6 is 0 Å². The molecule has 3 heteroatoms. The molecule has 0 saturated carbocycles. The van der Waals surface area contributed by atoms with E-state index >= 15 is 0 Å². The SMILES string of the molecule is [CH2]CCCCCCCCCNCCCNCCN. The molecule has 0 aromatic heterocycles. The first kappa shape index (κ1) is 17.9. The van der Waals surface area contributed by atoms with Crippen molar-refractivity contribution >= 4 is 0 Å². The highest BCUT2D eigenvalue weighted by Crippen LogP contribution is 2.07. The third-order valence-corrected chi connectivity index (χ3v) is 3.13. The smallest absolute Gasteiger partial charge is 0.00745 e. The molecule has 4 N–H and O–H groups in total. The number of unbranched alkanes of at least 4 members (excludes halogenated alkanes) is 7. The molecule has 0 saturated heterocycles. The van der Waals surface area contributed by atoms with Crippen molar-refractivity contribution in [2.24, 2.45) is 5.73 Å². The van der Waals surface area contributed by atoms with Crippen molar-refractivity contribution in [1.82, 2.24) is 10.6 Å². The Morgan fingerprint density at radius 1 is 0.611 bits per heavy atom. The van der Waals surface area contributed by atoms with Gasteiger partial charge in [-0.25, -0.2) is 0 Å². The molecule has 0 amide bonds. The highest BCUT2D eigenvalue weighted by Gasteiger charge is 1.92. The summed E-state index contributed by atoms with van der Waals surface area (Å²) in [7, 11) is 0. The molecule has 0 aromatic rings. The number of nitrogens with one attached hydrogen (secondary N) is 2. The molecule has 109 valence electrons. The summed E-state index contributed by atoms with van der Waals surface area (Å²) < 4.78 is 0. The maximum Gasteiger partial charge on any atom is 0.00745 e. The second-order valence-electron chi connectivity index (χ2n) is 4.97.